The molecule has 3 nitrogen and oxygen atoms in total. The lowest BCUT2D eigenvalue weighted by Crippen LogP contribution is -2.54. The van der Waals surface area contributed by atoms with Gasteiger partial charge in [-0.15, -0.1) is 0 Å². The fourth-order valence-corrected chi connectivity index (χ4v) is 2.84. The predicted octanol–water partition coefficient (Wildman–Crippen LogP) is 2.20. The number of rotatable bonds is 2. The first-order valence-corrected chi connectivity index (χ1v) is 6.01. The van der Waals surface area contributed by atoms with Crippen molar-refractivity contribution in [1.29, 1.82) is 0 Å². The summed E-state index contributed by atoms with van der Waals surface area (Å²) < 4.78 is 0.950. The lowest BCUT2D eigenvalue weighted by molar-refractivity contribution is -0.148. The molecule has 1 aromatic carbocycles. The Bertz CT molecular complexity index is 439. The zero-order valence-corrected chi connectivity index (χ0v) is 10.6. The van der Waals surface area contributed by atoms with Gasteiger partial charge in [-0.25, -0.2) is 0 Å². The largest absolute Gasteiger partial charge is 0.481 e. The molecule has 0 spiro atoms. The summed E-state index contributed by atoms with van der Waals surface area (Å²) in [5.74, 6) is -0.768. The van der Waals surface area contributed by atoms with Gasteiger partial charge in [0.1, 0.15) is 0 Å². The number of carbonyl (C=O) groups is 1. The van der Waals surface area contributed by atoms with Gasteiger partial charge in [-0.3, -0.25) is 4.79 Å². The zero-order chi connectivity index (χ0) is 11.9. The molecule has 1 aliphatic carbocycles. The van der Waals surface area contributed by atoms with Crippen molar-refractivity contribution in [2.24, 2.45) is 5.73 Å². The van der Waals surface area contributed by atoms with Crippen LogP contribution in [0.1, 0.15) is 24.0 Å². The van der Waals surface area contributed by atoms with E-state index in [1.165, 1.54) is 0 Å². The van der Waals surface area contributed by atoms with Crippen LogP contribution in [0.5, 0.6) is 0 Å². The van der Waals surface area contributed by atoms with Gasteiger partial charge in [0, 0.05) is 10.5 Å². The number of nitrogens with two attached hydrogens (primary N) is 1. The van der Waals surface area contributed by atoms with E-state index >= 15 is 0 Å². The summed E-state index contributed by atoms with van der Waals surface area (Å²) in [6.07, 6.45) is 1.05. The normalized spacial score (nSPS) is 28.6. The molecule has 0 amide bonds. The van der Waals surface area contributed by atoms with Crippen molar-refractivity contribution >= 4 is 21.9 Å². The predicted molar refractivity (Wildman–Crippen MR) is 65.4 cm³/mol. The molecule has 1 aromatic rings. The number of hydrogen-bond donors (Lipinski definition) is 2. The van der Waals surface area contributed by atoms with Crippen LogP contribution in [-0.4, -0.2) is 17.1 Å². The van der Waals surface area contributed by atoms with Gasteiger partial charge in [0.25, 0.3) is 0 Å². The van der Waals surface area contributed by atoms with Crippen molar-refractivity contribution in [3.8, 4) is 0 Å². The van der Waals surface area contributed by atoms with E-state index in [1.807, 2.05) is 25.1 Å². The minimum Gasteiger partial charge on any atom is -0.481 e. The fraction of sp³-hybridized carbons (Fsp3) is 0.417. The molecule has 1 aliphatic rings. The maximum absolute atomic E-state index is 11.4. The van der Waals surface area contributed by atoms with Crippen LogP contribution < -0.4 is 5.73 Å². The molecule has 0 radical (unpaired) electrons. The van der Waals surface area contributed by atoms with Crippen LogP contribution in [0.15, 0.2) is 22.7 Å². The fourth-order valence-electron chi connectivity index (χ4n) is 2.47. The van der Waals surface area contributed by atoms with Gasteiger partial charge < -0.3 is 10.8 Å². The summed E-state index contributed by atoms with van der Waals surface area (Å²) in [5.41, 5.74) is 6.85. The van der Waals surface area contributed by atoms with Crippen LogP contribution in [-0.2, 0) is 10.2 Å². The molecule has 1 saturated carbocycles. The summed E-state index contributed by atoms with van der Waals surface area (Å²) in [7, 11) is 0. The van der Waals surface area contributed by atoms with E-state index in [-0.39, 0.29) is 6.04 Å². The highest BCUT2D eigenvalue weighted by molar-refractivity contribution is 9.10. The highest BCUT2D eigenvalue weighted by Gasteiger charge is 2.51. The molecular weight excluding hydrogens is 270 g/mol. The lowest BCUT2D eigenvalue weighted by atomic mass is 9.61. The quantitative estimate of drug-likeness (QED) is 0.875. The summed E-state index contributed by atoms with van der Waals surface area (Å²) in [6, 6.07) is 5.70. The second kappa shape index (κ2) is 3.86. The van der Waals surface area contributed by atoms with Crippen LogP contribution in [0.4, 0.5) is 0 Å². The van der Waals surface area contributed by atoms with Crippen LogP contribution in [0.3, 0.4) is 0 Å². The monoisotopic (exact) mass is 283 g/mol. The molecule has 0 aliphatic heterocycles. The van der Waals surface area contributed by atoms with Crippen molar-refractivity contribution in [3.05, 3.63) is 33.8 Å². The third-order valence-electron chi connectivity index (χ3n) is 3.41. The molecule has 0 aromatic heterocycles. The first-order chi connectivity index (χ1) is 7.47. The van der Waals surface area contributed by atoms with Gasteiger partial charge in [-0.05, 0) is 37.0 Å². The Hall–Kier alpha value is -0.870. The smallest absolute Gasteiger partial charge is 0.314 e. The van der Waals surface area contributed by atoms with Gasteiger partial charge >= 0.3 is 5.97 Å². The van der Waals surface area contributed by atoms with E-state index in [0.29, 0.717) is 12.8 Å². The van der Waals surface area contributed by atoms with Crippen LogP contribution in [0.25, 0.3) is 0 Å². The van der Waals surface area contributed by atoms with E-state index in [2.05, 4.69) is 15.9 Å². The molecule has 0 heterocycles. The third kappa shape index (κ3) is 1.57. The summed E-state index contributed by atoms with van der Waals surface area (Å²) in [4.78, 5) is 11.4. The molecule has 2 rings (SSSR count). The van der Waals surface area contributed by atoms with Gasteiger partial charge in [0.15, 0.2) is 0 Å². The maximum atomic E-state index is 11.4. The van der Waals surface area contributed by atoms with Crippen LogP contribution >= 0.6 is 15.9 Å². The highest BCUT2D eigenvalue weighted by atomic mass is 79.9. The molecular formula is C12H14BrNO2. The molecule has 3 N–H and O–H groups in total. The van der Waals surface area contributed by atoms with Crippen molar-refractivity contribution < 1.29 is 9.90 Å². The number of carboxylic acids is 1. The standard InChI is InChI=1S/C12H14BrNO2/c1-7-9(3-2-4-10(7)13)12(11(15)16)5-8(14)6-12/h2-4,8H,5-6,14H2,1H3,(H,15,16). The SMILES string of the molecule is Cc1c(Br)cccc1C1(C(=O)O)CC(N)C1. The summed E-state index contributed by atoms with van der Waals surface area (Å²) in [5, 5.41) is 9.40. The Kier molecular flexibility index (Phi) is 2.80. The second-order valence-electron chi connectivity index (χ2n) is 4.47. The van der Waals surface area contributed by atoms with E-state index < -0.39 is 11.4 Å². The van der Waals surface area contributed by atoms with Gasteiger partial charge in [-0.1, -0.05) is 28.1 Å². The molecule has 0 bridgehead atoms. The van der Waals surface area contributed by atoms with Gasteiger partial charge in [0.05, 0.1) is 5.41 Å². The molecule has 4 heteroatoms. The van der Waals surface area contributed by atoms with Crippen molar-refractivity contribution in [2.45, 2.75) is 31.2 Å². The average molecular weight is 284 g/mol. The van der Waals surface area contributed by atoms with E-state index in [4.69, 9.17) is 5.73 Å². The number of aliphatic carboxylic acids is 1. The summed E-state index contributed by atoms with van der Waals surface area (Å²) in [6.45, 7) is 1.94. The van der Waals surface area contributed by atoms with Crippen molar-refractivity contribution in [1.82, 2.24) is 0 Å². The summed E-state index contributed by atoms with van der Waals surface area (Å²) >= 11 is 3.43. The topological polar surface area (TPSA) is 63.3 Å². The Labute approximate surface area is 103 Å². The van der Waals surface area contributed by atoms with Crippen molar-refractivity contribution in [2.75, 3.05) is 0 Å². The zero-order valence-electron chi connectivity index (χ0n) is 9.03. The maximum Gasteiger partial charge on any atom is 0.314 e. The first kappa shape index (κ1) is 11.6. The number of benzene rings is 1. The van der Waals surface area contributed by atoms with Crippen LogP contribution in [0.2, 0.25) is 0 Å². The molecule has 16 heavy (non-hydrogen) atoms. The highest BCUT2D eigenvalue weighted by Crippen LogP contribution is 2.45. The molecule has 86 valence electrons. The average Bonchev–Trinajstić information content (AvgIpc) is 2.17. The Morgan fingerprint density at radius 3 is 2.69 bits per heavy atom. The molecule has 0 saturated heterocycles. The Morgan fingerprint density at radius 2 is 2.19 bits per heavy atom. The minimum atomic E-state index is -0.771. The lowest BCUT2D eigenvalue weighted by Gasteiger charge is -2.43. The third-order valence-corrected chi connectivity index (χ3v) is 4.27. The second-order valence-corrected chi connectivity index (χ2v) is 5.32. The Balaban J connectivity index is 2.49. The molecule has 0 atom stereocenters. The number of halogens is 1. The van der Waals surface area contributed by atoms with E-state index in [0.717, 1.165) is 15.6 Å². The first-order valence-electron chi connectivity index (χ1n) is 5.22. The number of hydrogen-bond acceptors (Lipinski definition) is 2. The van der Waals surface area contributed by atoms with Gasteiger partial charge in [0.2, 0.25) is 0 Å². The molecule has 0 unspecified atom stereocenters. The number of carboxylic acid groups (broad SMARTS) is 1. The van der Waals surface area contributed by atoms with E-state index in [9.17, 15) is 9.90 Å². The van der Waals surface area contributed by atoms with Gasteiger partial charge in [-0.2, -0.15) is 0 Å². The van der Waals surface area contributed by atoms with Crippen molar-refractivity contribution in [3.63, 3.8) is 0 Å². The minimum absolute atomic E-state index is 0.00878. The van der Waals surface area contributed by atoms with E-state index in [1.54, 1.807) is 0 Å². The Morgan fingerprint density at radius 1 is 1.56 bits per heavy atom. The molecule has 1 fully saturated rings. The van der Waals surface area contributed by atoms with Crippen LogP contribution in [0, 0.1) is 6.92 Å².